The number of aromatic amines is 2. The number of benzene rings is 2. The molecule has 0 amide bonds. The molecule has 0 bridgehead atoms. The minimum atomic E-state index is -4.36. The fourth-order valence-corrected chi connectivity index (χ4v) is 5.20. The summed E-state index contributed by atoms with van der Waals surface area (Å²) in [5.74, 6) is 1.94. The molecular formula is C29H24F3N7. The van der Waals surface area contributed by atoms with E-state index in [0.717, 1.165) is 77.7 Å². The molecule has 1 saturated heterocycles. The number of piperidine rings is 1. The number of aryl methyl sites for hydroxylation is 1. The number of anilines is 1. The smallest absolute Gasteiger partial charge is 0.356 e. The Hall–Kier alpha value is -4.65. The van der Waals surface area contributed by atoms with Crippen LogP contribution in [0.5, 0.6) is 0 Å². The third kappa shape index (κ3) is 4.72. The van der Waals surface area contributed by atoms with Crippen molar-refractivity contribution in [2.75, 3.05) is 18.0 Å². The van der Waals surface area contributed by atoms with Crippen molar-refractivity contribution in [3.8, 4) is 28.6 Å². The topological polar surface area (TPSA) is 97.3 Å². The maximum absolute atomic E-state index is 12.9. The Kier molecular flexibility index (Phi) is 6.06. The lowest BCUT2D eigenvalue weighted by Crippen LogP contribution is -2.33. The highest BCUT2D eigenvalue weighted by Crippen LogP contribution is 2.35. The first kappa shape index (κ1) is 24.7. The summed E-state index contributed by atoms with van der Waals surface area (Å²) in [5.41, 5.74) is 4.75. The molecule has 6 rings (SSSR count). The largest absolute Gasteiger partial charge is 0.416 e. The summed E-state index contributed by atoms with van der Waals surface area (Å²) in [6, 6.07) is 16.7. The number of imidazole rings is 1. The average molecular weight is 528 g/mol. The van der Waals surface area contributed by atoms with Crippen LogP contribution in [0.25, 0.3) is 33.5 Å². The Morgan fingerprint density at radius 3 is 2.31 bits per heavy atom. The first-order chi connectivity index (χ1) is 18.8. The van der Waals surface area contributed by atoms with Crippen molar-refractivity contribution in [3.63, 3.8) is 0 Å². The molecule has 1 fully saturated rings. The van der Waals surface area contributed by atoms with Crippen molar-refractivity contribution in [1.29, 1.82) is 5.26 Å². The minimum absolute atomic E-state index is 0.209. The van der Waals surface area contributed by atoms with E-state index in [2.05, 4.69) is 30.9 Å². The van der Waals surface area contributed by atoms with Gasteiger partial charge in [0.05, 0.1) is 28.3 Å². The predicted octanol–water partition coefficient (Wildman–Crippen LogP) is 6.60. The van der Waals surface area contributed by atoms with E-state index < -0.39 is 11.7 Å². The number of rotatable bonds is 4. The number of halogens is 3. The first-order valence-electron chi connectivity index (χ1n) is 12.6. The van der Waals surface area contributed by atoms with Crippen molar-refractivity contribution in [3.05, 3.63) is 83.6 Å². The van der Waals surface area contributed by atoms with E-state index in [0.29, 0.717) is 16.8 Å². The third-order valence-electron chi connectivity index (χ3n) is 7.30. The second-order valence-corrected chi connectivity index (χ2v) is 9.76. The van der Waals surface area contributed by atoms with Crippen LogP contribution >= 0.6 is 0 Å². The van der Waals surface area contributed by atoms with E-state index in [4.69, 9.17) is 10.2 Å². The van der Waals surface area contributed by atoms with E-state index in [-0.39, 0.29) is 5.92 Å². The van der Waals surface area contributed by atoms with Gasteiger partial charge in [-0.2, -0.15) is 18.4 Å². The maximum atomic E-state index is 12.9. The number of nitrogens with zero attached hydrogens (tertiary/aromatic N) is 5. The van der Waals surface area contributed by atoms with Crippen molar-refractivity contribution in [2.24, 2.45) is 0 Å². The molecule has 0 spiro atoms. The number of nitrogens with one attached hydrogen (secondary N) is 2. The van der Waals surface area contributed by atoms with Crippen LogP contribution in [0.15, 0.2) is 60.9 Å². The molecule has 0 atom stereocenters. The Morgan fingerprint density at radius 1 is 0.949 bits per heavy atom. The highest BCUT2D eigenvalue weighted by atomic mass is 19.4. The van der Waals surface area contributed by atoms with Crippen LogP contribution in [0, 0.1) is 18.3 Å². The molecule has 3 aromatic heterocycles. The van der Waals surface area contributed by atoms with Gasteiger partial charge in [-0.3, -0.25) is 0 Å². The third-order valence-corrected chi connectivity index (χ3v) is 7.30. The standard InChI is InChI=1S/C29H24F3N7/c1-17-25(20-6-8-22(9-7-20)29(30,31)32)38-26(36-17)21-10-12-39(13-11-21)28-23-14-24(37-27(23)34-16-35-28)19-4-2-18(15-33)3-5-19/h2-9,14,16,21H,10-13H2,1H3,(H,36,38)(H,34,35,37). The van der Waals surface area contributed by atoms with Crippen LogP contribution in [0.3, 0.4) is 0 Å². The molecule has 0 aliphatic carbocycles. The molecule has 10 heteroatoms. The molecule has 0 radical (unpaired) electrons. The molecule has 0 saturated carbocycles. The number of aromatic nitrogens is 5. The van der Waals surface area contributed by atoms with Gasteiger partial charge in [0.1, 0.15) is 23.6 Å². The summed E-state index contributed by atoms with van der Waals surface area (Å²) < 4.78 is 38.8. The van der Waals surface area contributed by atoms with E-state index in [1.165, 1.54) is 12.1 Å². The van der Waals surface area contributed by atoms with Gasteiger partial charge in [0, 0.05) is 36.0 Å². The fraction of sp³-hybridized carbons (Fsp3) is 0.241. The molecule has 1 aliphatic rings. The van der Waals surface area contributed by atoms with Crippen LogP contribution in [0.4, 0.5) is 19.0 Å². The van der Waals surface area contributed by atoms with Crippen molar-refractivity contribution < 1.29 is 13.2 Å². The summed E-state index contributed by atoms with van der Waals surface area (Å²) in [7, 11) is 0. The van der Waals surface area contributed by atoms with Gasteiger partial charge in [0.15, 0.2) is 0 Å². The molecule has 196 valence electrons. The summed E-state index contributed by atoms with van der Waals surface area (Å²) in [4.78, 5) is 22.8. The normalized spacial score (nSPS) is 14.6. The molecule has 2 N–H and O–H groups in total. The summed E-state index contributed by atoms with van der Waals surface area (Å²) >= 11 is 0. The van der Waals surface area contributed by atoms with Crippen molar-refractivity contribution >= 4 is 16.9 Å². The number of hydrogen-bond acceptors (Lipinski definition) is 5. The zero-order valence-electron chi connectivity index (χ0n) is 21.0. The molecular weight excluding hydrogens is 503 g/mol. The zero-order chi connectivity index (χ0) is 27.1. The van der Waals surface area contributed by atoms with Gasteiger partial charge in [-0.1, -0.05) is 24.3 Å². The monoisotopic (exact) mass is 527 g/mol. The van der Waals surface area contributed by atoms with Crippen molar-refractivity contribution in [2.45, 2.75) is 31.9 Å². The van der Waals surface area contributed by atoms with E-state index in [9.17, 15) is 13.2 Å². The van der Waals surface area contributed by atoms with Gasteiger partial charge in [0.2, 0.25) is 0 Å². The van der Waals surface area contributed by atoms with Gasteiger partial charge in [0.25, 0.3) is 0 Å². The Balaban J connectivity index is 1.18. The molecule has 5 aromatic rings. The number of hydrogen-bond donors (Lipinski definition) is 2. The molecule has 39 heavy (non-hydrogen) atoms. The Bertz CT molecular complexity index is 1670. The number of H-pyrrole nitrogens is 2. The van der Waals surface area contributed by atoms with E-state index in [1.807, 2.05) is 25.1 Å². The van der Waals surface area contributed by atoms with Crippen LogP contribution in [0.2, 0.25) is 0 Å². The van der Waals surface area contributed by atoms with E-state index >= 15 is 0 Å². The predicted molar refractivity (Wildman–Crippen MR) is 142 cm³/mol. The van der Waals surface area contributed by atoms with Gasteiger partial charge < -0.3 is 14.9 Å². The quantitative estimate of drug-likeness (QED) is 0.275. The Labute approximate surface area is 222 Å². The van der Waals surface area contributed by atoms with Gasteiger partial charge in [-0.05, 0) is 55.7 Å². The molecule has 7 nitrogen and oxygen atoms in total. The Morgan fingerprint density at radius 2 is 1.64 bits per heavy atom. The summed E-state index contributed by atoms with van der Waals surface area (Å²) in [6.45, 7) is 3.46. The molecule has 2 aromatic carbocycles. The van der Waals surface area contributed by atoms with Crippen LogP contribution in [0.1, 0.15) is 41.4 Å². The van der Waals surface area contributed by atoms with Crippen LogP contribution in [-0.4, -0.2) is 38.0 Å². The number of fused-ring (bicyclic) bond motifs is 1. The van der Waals surface area contributed by atoms with Gasteiger partial charge >= 0.3 is 6.18 Å². The van der Waals surface area contributed by atoms with Crippen LogP contribution in [-0.2, 0) is 6.18 Å². The number of alkyl halides is 3. The highest BCUT2D eigenvalue weighted by Gasteiger charge is 2.30. The SMILES string of the molecule is Cc1[nH]c(C2CCN(c3ncnc4[nH]c(-c5ccc(C#N)cc5)cc34)CC2)nc1-c1ccc(C(F)(F)F)cc1. The maximum Gasteiger partial charge on any atom is 0.416 e. The second-order valence-electron chi connectivity index (χ2n) is 9.76. The zero-order valence-corrected chi connectivity index (χ0v) is 21.0. The van der Waals surface area contributed by atoms with E-state index in [1.54, 1.807) is 18.5 Å². The second kappa shape index (κ2) is 9.58. The average Bonchev–Trinajstić information content (AvgIpc) is 3.56. The van der Waals surface area contributed by atoms with Crippen LogP contribution < -0.4 is 4.90 Å². The van der Waals surface area contributed by atoms with Gasteiger partial charge in [-0.15, -0.1) is 0 Å². The summed E-state index contributed by atoms with van der Waals surface area (Å²) in [6.07, 6.45) is -1.08. The lowest BCUT2D eigenvalue weighted by molar-refractivity contribution is -0.137. The fourth-order valence-electron chi connectivity index (χ4n) is 5.20. The summed E-state index contributed by atoms with van der Waals surface area (Å²) in [5, 5.41) is 10.0. The lowest BCUT2D eigenvalue weighted by atomic mass is 9.96. The number of nitriles is 1. The van der Waals surface area contributed by atoms with Crippen molar-refractivity contribution in [1.82, 2.24) is 24.9 Å². The molecule has 4 heterocycles. The minimum Gasteiger partial charge on any atom is -0.356 e. The first-order valence-corrected chi connectivity index (χ1v) is 12.6. The molecule has 0 unspecified atom stereocenters. The molecule has 1 aliphatic heterocycles. The lowest BCUT2D eigenvalue weighted by Gasteiger charge is -2.32. The van der Waals surface area contributed by atoms with Gasteiger partial charge in [-0.25, -0.2) is 15.0 Å². The highest BCUT2D eigenvalue weighted by molar-refractivity contribution is 5.92.